The van der Waals surface area contributed by atoms with Crippen molar-refractivity contribution in [2.24, 2.45) is 0 Å². The van der Waals surface area contributed by atoms with E-state index in [2.05, 4.69) is 25.3 Å². The summed E-state index contributed by atoms with van der Waals surface area (Å²) in [5.41, 5.74) is 3.26. The molecule has 2 heterocycles. The lowest BCUT2D eigenvalue weighted by Gasteiger charge is -2.08. The second-order valence-corrected chi connectivity index (χ2v) is 5.03. The topological polar surface area (TPSA) is 66.5 Å². The number of aromatic amines is 1. The van der Waals surface area contributed by atoms with Crippen molar-refractivity contribution < 1.29 is 4.39 Å². The molecule has 0 aliphatic heterocycles. The maximum Gasteiger partial charge on any atom is 0.226 e. The van der Waals surface area contributed by atoms with Crippen LogP contribution in [-0.2, 0) is 6.42 Å². The summed E-state index contributed by atoms with van der Waals surface area (Å²) in [6, 6.07) is 4.80. The van der Waals surface area contributed by atoms with Crippen molar-refractivity contribution in [3.05, 3.63) is 46.8 Å². The summed E-state index contributed by atoms with van der Waals surface area (Å²) in [6.07, 6.45) is 2.30. The van der Waals surface area contributed by atoms with E-state index in [-0.39, 0.29) is 11.1 Å². The molecule has 2 N–H and O–H groups in total. The van der Waals surface area contributed by atoms with Gasteiger partial charge in [-0.25, -0.2) is 9.37 Å². The zero-order valence-electron chi connectivity index (χ0n) is 11.3. The standard InChI is InChI=1S/C14H13ClFN5/c1-8-6-10(16)3-2-9(8)4-5-17-12-11-13(19-7-18-11)21-14(15)20-12/h2-3,6-7H,4-5H2,1H3,(H2,17,18,19,20,21). The molecule has 0 aliphatic rings. The molecule has 0 radical (unpaired) electrons. The van der Waals surface area contributed by atoms with Gasteiger partial charge in [-0.15, -0.1) is 0 Å². The first-order valence-corrected chi connectivity index (χ1v) is 6.87. The third-order valence-electron chi connectivity index (χ3n) is 3.25. The molecule has 1 aromatic carbocycles. The molecule has 0 bridgehead atoms. The Labute approximate surface area is 125 Å². The van der Waals surface area contributed by atoms with Gasteiger partial charge in [0, 0.05) is 6.54 Å². The average molecular weight is 306 g/mol. The molecule has 0 saturated heterocycles. The molecule has 5 nitrogen and oxygen atoms in total. The van der Waals surface area contributed by atoms with Crippen molar-refractivity contribution in [3.63, 3.8) is 0 Å². The number of benzene rings is 1. The van der Waals surface area contributed by atoms with E-state index in [0.717, 1.165) is 23.1 Å². The maximum absolute atomic E-state index is 13.1. The average Bonchev–Trinajstić information content (AvgIpc) is 2.89. The molecular weight excluding hydrogens is 293 g/mol. The Balaban J connectivity index is 1.73. The van der Waals surface area contributed by atoms with Gasteiger partial charge in [-0.05, 0) is 48.2 Å². The van der Waals surface area contributed by atoms with Crippen molar-refractivity contribution in [2.45, 2.75) is 13.3 Å². The Morgan fingerprint density at radius 1 is 1.33 bits per heavy atom. The van der Waals surface area contributed by atoms with Crippen LogP contribution in [-0.4, -0.2) is 26.5 Å². The van der Waals surface area contributed by atoms with Gasteiger partial charge in [-0.2, -0.15) is 9.97 Å². The van der Waals surface area contributed by atoms with Gasteiger partial charge in [-0.3, -0.25) is 0 Å². The van der Waals surface area contributed by atoms with Gasteiger partial charge in [0.25, 0.3) is 0 Å². The van der Waals surface area contributed by atoms with Crippen LogP contribution in [0.2, 0.25) is 5.28 Å². The predicted octanol–water partition coefficient (Wildman–Crippen LogP) is 3.11. The molecule has 108 valence electrons. The van der Waals surface area contributed by atoms with Crippen LogP contribution in [0.25, 0.3) is 11.2 Å². The third kappa shape index (κ3) is 2.95. The number of hydrogen-bond donors (Lipinski definition) is 2. The first-order valence-electron chi connectivity index (χ1n) is 6.49. The van der Waals surface area contributed by atoms with Crippen molar-refractivity contribution in [1.29, 1.82) is 0 Å². The lowest BCUT2D eigenvalue weighted by Crippen LogP contribution is -2.08. The van der Waals surface area contributed by atoms with Crippen molar-refractivity contribution in [2.75, 3.05) is 11.9 Å². The quantitative estimate of drug-likeness (QED) is 0.727. The summed E-state index contributed by atoms with van der Waals surface area (Å²) in [5, 5.41) is 3.35. The Kier molecular flexibility index (Phi) is 3.70. The van der Waals surface area contributed by atoms with Crippen LogP contribution in [0.3, 0.4) is 0 Å². The molecular formula is C14H13ClFN5. The summed E-state index contributed by atoms with van der Waals surface area (Å²) in [5.74, 6) is 0.397. The van der Waals surface area contributed by atoms with Gasteiger partial charge in [0.2, 0.25) is 5.28 Å². The molecule has 0 fully saturated rings. The van der Waals surface area contributed by atoms with Crippen LogP contribution in [0.15, 0.2) is 24.5 Å². The second kappa shape index (κ2) is 5.65. The Hall–Kier alpha value is -2.21. The summed E-state index contributed by atoms with van der Waals surface area (Å²) in [7, 11) is 0. The van der Waals surface area contributed by atoms with E-state index in [1.807, 2.05) is 6.92 Å². The van der Waals surface area contributed by atoms with Crippen molar-refractivity contribution in [1.82, 2.24) is 19.9 Å². The molecule has 0 atom stereocenters. The number of aromatic nitrogens is 4. The van der Waals surface area contributed by atoms with Crippen LogP contribution in [0, 0.1) is 12.7 Å². The van der Waals surface area contributed by atoms with E-state index in [0.29, 0.717) is 18.0 Å². The normalized spacial score (nSPS) is 11.0. The van der Waals surface area contributed by atoms with E-state index in [1.165, 1.54) is 12.1 Å². The monoisotopic (exact) mass is 305 g/mol. The SMILES string of the molecule is Cc1cc(F)ccc1CCNc1nc(Cl)nc2nc[nH]c12. The zero-order chi connectivity index (χ0) is 14.8. The van der Waals surface area contributed by atoms with E-state index in [9.17, 15) is 4.39 Å². The number of aryl methyl sites for hydroxylation is 1. The maximum atomic E-state index is 13.1. The molecule has 0 saturated carbocycles. The van der Waals surface area contributed by atoms with Gasteiger partial charge >= 0.3 is 0 Å². The minimum absolute atomic E-state index is 0.148. The first-order chi connectivity index (χ1) is 10.1. The molecule has 0 unspecified atom stereocenters. The smallest absolute Gasteiger partial charge is 0.226 e. The lowest BCUT2D eigenvalue weighted by atomic mass is 10.1. The highest BCUT2D eigenvalue weighted by Crippen LogP contribution is 2.19. The predicted molar refractivity (Wildman–Crippen MR) is 80.0 cm³/mol. The second-order valence-electron chi connectivity index (χ2n) is 4.69. The molecule has 21 heavy (non-hydrogen) atoms. The summed E-state index contributed by atoms with van der Waals surface area (Å²) in [6.45, 7) is 2.54. The van der Waals surface area contributed by atoms with Crippen LogP contribution < -0.4 is 5.32 Å². The van der Waals surface area contributed by atoms with E-state index >= 15 is 0 Å². The Morgan fingerprint density at radius 3 is 3.00 bits per heavy atom. The molecule has 0 aliphatic carbocycles. The molecule has 7 heteroatoms. The number of nitrogens with zero attached hydrogens (tertiary/aromatic N) is 3. The number of imidazole rings is 1. The van der Waals surface area contributed by atoms with Gasteiger partial charge < -0.3 is 10.3 Å². The fourth-order valence-corrected chi connectivity index (χ4v) is 2.35. The molecule has 0 spiro atoms. The molecule has 3 rings (SSSR count). The number of fused-ring (bicyclic) bond motifs is 1. The summed E-state index contributed by atoms with van der Waals surface area (Å²) < 4.78 is 13.1. The van der Waals surface area contributed by atoms with Crippen LogP contribution >= 0.6 is 11.6 Å². The molecule has 2 aromatic heterocycles. The summed E-state index contributed by atoms with van der Waals surface area (Å²) >= 11 is 5.86. The number of anilines is 1. The van der Waals surface area contributed by atoms with Gasteiger partial charge in [0.1, 0.15) is 11.3 Å². The number of hydrogen-bond acceptors (Lipinski definition) is 4. The van der Waals surface area contributed by atoms with E-state index in [4.69, 9.17) is 11.6 Å². The van der Waals surface area contributed by atoms with Gasteiger partial charge in [0.05, 0.1) is 6.33 Å². The minimum atomic E-state index is -0.217. The highest BCUT2D eigenvalue weighted by Gasteiger charge is 2.08. The number of nitrogens with one attached hydrogen (secondary N) is 2. The van der Waals surface area contributed by atoms with Crippen molar-refractivity contribution >= 4 is 28.6 Å². The summed E-state index contributed by atoms with van der Waals surface area (Å²) in [4.78, 5) is 15.2. The number of H-pyrrole nitrogens is 1. The fraction of sp³-hybridized carbons (Fsp3) is 0.214. The fourth-order valence-electron chi connectivity index (χ4n) is 2.19. The van der Waals surface area contributed by atoms with E-state index in [1.54, 1.807) is 12.4 Å². The highest BCUT2D eigenvalue weighted by molar-refractivity contribution is 6.28. The molecule has 0 amide bonds. The van der Waals surface area contributed by atoms with Crippen LogP contribution in [0.5, 0.6) is 0 Å². The number of halogens is 2. The Morgan fingerprint density at radius 2 is 2.19 bits per heavy atom. The number of rotatable bonds is 4. The van der Waals surface area contributed by atoms with E-state index < -0.39 is 0 Å². The van der Waals surface area contributed by atoms with Gasteiger partial charge in [0.15, 0.2) is 11.5 Å². The lowest BCUT2D eigenvalue weighted by molar-refractivity contribution is 0.625. The Bertz CT molecular complexity index is 786. The van der Waals surface area contributed by atoms with Crippen LogP contribution in [0.4, 0.5) is 10.2 Å². The van der Waals surface area contributed by atoms with Gasteiger partial charge in [-0.1, -0.05) is 6.07 Å². The molecule has 3 aromatic rings. The highest BCUT2D eigenvalue weighted by atomic mass is 35.5. The van der Waals surface area contributed by atoms with Crippen LogP contribution in [0.1, 0.15) is 11.1 Å². The third-order valence-corrected chi connectivity index (χ3v) is 3.42. The largest absolute Gasteiger partial charge is 0.368 e. The minimum Gasteiger partial charge on any atom is -0.368 e. The van der Waals surface area contributed by atoms with Crippen molar-refractivity contribution in [3.8, 4) is 0 Å². The zero-order valence-corrected chi connectivity index (χ0v) is 12.1. The first kappa shape index (κ1) is 13.8.